The zero-order valence-corrected chi connectivity index (χ0v) is 9.47. The largest absolute Gasteiger partial charge is 0.382 e. The van der Waals surface area contributed by atoms with E-state index >= 15 is 0 Å². The molecule has 0 aliphatic carbocycles. The van der Waals surface area contributed by atoms with E-state index in [4.69, 9.17) is 9.47 Å². The van der Waals surface area contributed by atoms with Crippen LogP contribution in [0.1, 0.15) is 11.6 Å². The highest BCUT2D eigenvalue weighted by atomic mass is 32.1. The smallest absolute Gasteiger partial charge is 0.0701 e. The van der Waals surface area contributed by atoms with Crippen molar-refractivity contribution in [1.29, 1.82) is 0 Å². The number of likely N-dealkylation sites (N-methyl/N-ethyl adjacent to an activating group) is 1. The van der Waals surface area contributed by atoms with Gasteiger partial charge < -0.3 is 14.8 Å². The lowest BCUT2D eigenvalue weighted by molar-refractivity contribution is 0.0597. The van der Waals surface area contributed by atoms with E-state index in [9.17, 15) is 0 Å². The minimum Gasteiger partial charge on any atom is -0.382 e. The van der Waals surface area contributed by atoms with Gasteiger partial charge in [-0.3, -0.25) is 0 Å². The summed E-state index contributed by atoms with van der Waals surface area (Å²) in [5.74, 6) is 0. The van der Waals surface area contributed by atoms with Crippen molar-refractivity contribution in [1.82, 2.24) is 5.32 Å². The summed E-state index contributed by atoms with van der Waals surface area (Å²) in [6.07, 6.45) is 0. The molecule has 0 aliphatic rings. The van der Waals surface area contributed by atoms with Crippen LogP contribution in [0.4, 0.5) is 0 Å². The summed E-state index contributed by atoms with van der Waals surface area (Å²) >= 11 is 1.71. The molecule has 1 unspecified atom stereocenters. The first-order valence-electron chi connectivity index (χ1n) is 4.64. The van der Waals surface area contributed by atoms with Crippen molar-refractivity contribution in [2.24, 2.45) is 0 Å². The second-order valence-corrected chi connectivity index (χ2v) is 3.75. The fourth-order valence-electron chi connectivity index (χ4n) is 1.16. The molecular weight excluding hydrogens is 198 g/mol. The SMILES string of the molecule is CNC(COCCOC)c1ccsc1. The van der Waals surface area contributed by atoms with Gasteiger partial charge in [-0.2, -0.15) is 11.3 Å². The maximum atomic E-state index is 5.47. The van der Waals surface area contributed by atoms with Crippen molar-refractivity contribution >= 4 is 11.3 Å². The van der Waals surface area contributed by atoms with Gasteiger partial charge in [-0.25, -0.2) is 0 Å². The summed E-state index contributed by atoms with van der Waals surface area (Å²) in [5, 5.41) is 7.44. The van der Waals surface area contributed by atoms with Crippen molar-refractivity contribution in [2.75, 3.05) is 34.0 Å². The Bertz CT molecular complexity index is 226. The summed E-state index contributed by atoms with van der Waals surface area (Å²) < 4.78 is 10.4. The molecule has 1 N–H and O–H groups in total. The quantitative estimate of drug-likeness (QED) is 0.702. The molecule has 3 nitrogen and oxygen atoms in total. The van der Waals surface area contributed by atoms with Crippen LogP contribution in [-0.2, 0) is 9.47 Å². The monoisotopic (exact) mass is 215 g/mol. The molecule has 0 saturated carbocycles. The first-order chi connectivity index (χ1) is 6.88. The lowest BCUT2D eigenvalue weighted by atomic mass is 10.2. The van der Waals surface area contributed by atoms with Gasteiger partial charge >= 0.3 is 0 Å². The first-order valence-corrected chi connectivity index (χ1v) is 5.58. The van der Waals surface area contributed by atoms with Crippen molar-refractivity contribution < 1.29 is 9.47 Å². The molecule has 0 radical (unpaired) electrons. The van der Waals surface area contributed by atoms with Crippen molar-refractivity contribution in [2.45, 2.75) is 6.04 Å². The van der Waals surface area contributed by atoms with Crippen LogP contribution in [0.2, 0.25) is 0 Å². The maximum Gasteiger partial charge on any atom is 0.0701 e. The van der Waals surface area contributed by atoms with Gasteiger partial charge in [0.25, 0.3) is 0 Å². The Hall–Kier alpha value is -0.420. The van der Waals surface area contributed by atoms with Crippen molar-refractivity contribution in [3.8, 4) is 0 Å². The molecule has 1 atom stereocenters. The second kappa shape index (κ2) is 6.95. The average Bonchev–Trinajstić information content (AvgIpc) is 2.71. The van der Waals surface area contributed by atoms with Gasteiger partial charge in [0.2, 0.25) is 0 Å². The molecule has 80 valence electrons. The van der Waals surface area contributed by atoms with Gasteiger partial charge in [-0.05, 0) is 29.4 Å². The number of ether oxygens (including phenoxy) is 2. The van der Waals surface area contributed by atoms with Crippen LogP contribution < -0.4 is 5.32 Å². The third kappa shape index (κ3) is 3.75. The molecule has 0 saturated heterocycles. The minimum atomic E-state index is 0.290. The molecule has 1 aromatic heterocycles. The predicted octanol–water partition coefficient (Wildman–Crippen LogP) is 1.67. The third-order valence-corrected chi connectivity index (χ3v) is 2.71. The Labute approximate surface area is 89.0 Å². The highest BCUT2D eigenvalue weighted by Gasteiger charge is 2.08. The highest BCUT2D eigenvalue weighted by Crippen LogP contribution is 2.15. The maximum absolute atomic E-state index is 5.47. The first kappa shape index (κ1) is 11.7. The Balaban J connectivity index is 2.26. The molecule has 14 heavy (non-hydrogen) atoms. The van der Waals surface area contributed by atoms with E-state index < -0.39 is 0 Å². The zero-order valence-electron chi connectivity index (χ0n) is 8.66. The second-order valence-electron chi connectivity index (χ2n) is 2.97. The molecule has 0 bridgehead atoms. The number of thiophene rings is 1. The fraction of sp³-hybridized carbons (Fsp3) is 0.600. The molecule has 0 spiro atoms. The van der Waals surface area contributed by atoms with E-state index in [2.05, 4.69) is 22.1 Å². The number of methoxy groups -OCH3 is 1. The fourth-order valence-corrected chi connectivity index (χ4v) is 1.88. The van der Waals surface area contributed by atoms with Crippen LogP contribution in [0.15, 0.2) is 16.8 Å². The molecule has 0 aliphatic heterocycles. The lowest BCUT2D eigenvalue weighted by Gasteiger charge is -2.14. The van der Waals surface area contributed by atoms with Crippen LogP contribution in [0, 0.1) is 0 Å². The topological polar surface area (TPSA) is 30.5 Å². The minimum absolute atomic E-state index is 0.290. The van der Waals surface area contributed by atoms with Crippen molar-refractivity contribution in [3.63, 3.8) is 0 Å². The van der Waals surface area contributed by atoms with E-state index in [1.54, 1.807) is 18.4 Å². The molecular formula is C10H17NO2S. The number of hydrogen-bond donors (Lipinski definition) is 1. The zero-order chi connectivity index (χ0) is 10.2. The molecule has 0 amide bonds. The van der Waals surface area contributed by atoms with E-state index in [0.29, 0.717) is 19.8 Å². The van der Waals surface area contributed by atoms with Gasteiger partial charge in [0.05, 0.1) is 25.9 Å². The summed E-state index contributed by atoms with van der Waals surface area (Å²) in [4.78, 5) is 0. The van der Waals surface area contributed by atoms with Gasteiger partial charge in [-0.1, -0.05) is 0 Å². The molecule has 1 heterocycles. The molecule has 0 fully saturated rings. The van der Waals surface area contributed by atoms with Gasteiger partial charge in [0, 0.05) is 7.11 Å². The van der Waals surface area contributed by atoms with Crippen LogP contribution >= 0.6 is 11.3 Å². The Morgan fingerprint density at radius 2 is 2.36 bits per heavy atom. The molecule has 1 aromatic rings. The van der Waals surface area contributed by atoms with Gasteiger partial charge in [-0.15, -0.1) is 0 Å². The highest BCUT2D eigenvalue weighted by molar-refractivity contribution is 7.07. The Morgan fingerprint density at radius 3 is 2.93 bits per heavy atom. The van der Waals surface area contributed by atoms with Crippen LogP contribution in [0.3, 0.4) is 0 Å². The molecule has 4 heteroatoms. The van der Waals surface area contributed by atoms with Crippen molar-refractivity contribution in [3.05, 3.63) is 22.4 Å². The Kier molecular flexibility index (Phi) is 5.78. The summed E-state index contributed by atoms with van der Waals surface area (Å²) in [5.41, 5.74) is 1.29. The summed E-state index contributed by atoms with van der Waals surface area (Å²) in [6, 6.07) is 2.41. The number of hydrogen-bond acceptors (Lipinski definition) is 4. The van der Waals surface area contributed by atoms with E-state index in [-0.39, 0.29) is 6.04 Å². The molecule has 0 aromatic carbocycles. The third-order valence-electron chi connectivity index (χ3n) is 2.01. The van der Waals surface area contributed by atoms with E-state index in [1.807, 2.05) is 7.05 Å². The van der Waals surface area contributed by atoms with E-state index in [1.165, 1.54) is 5.56 Å². The summed E-state index contributed by atoms with van der Waals surface area (Å²) in [7, 11) is 3.62. The normalized spacial score (nSPS) is 13.0. The van der Waals surface area contributed by atoms with Crippen LogP contribution in [0.5, 0.6) is 0 Å². The Morgan fingerprint density at radius 1 is 1.50 bits per heavy atom. The molecule has 1 rings (SSSR count). The van der Waals surface area contributed by atoms with E-state index in [0.717, 1.165) is 0 Å². The lowest BCUT2D eigenvalue weighted by Crippen LogP contribution is -2.22. The van der Waals surface area contributed by atoms with Crippen LogP contribution in [0.25, 0.3) is 0 Å². The predicted molar refractivity (Wildman–Crippen MR) is 58.8 cm³/mol. The number of nitrogens with one attached hydrogen (secondary N) is 1. The van der Waals surface area contributed by atoms with Gasteiger partial charge in [0.15, 0.2) is 0 Å². The van der Waals surface area contributed by atoms with Crippen LogP contribution in [-0.4, -0.2) is 34.0 Å². The van der Waals surface area contributed by atoms with Gasteiger partial charge in [0.1, 0.15) is 0 Å². The number of rotatable bonds is 7. The standard InChI is InChI=1S/C10H17NO2S/c1-11-10(7-13-5-4-12-2)9-3-6-14-8-9/h3,6,8,10-11H,4-5,7H2,1-2H3. The average molecular weight is 215 g/mol. The summed E-state index contributed by atoms with van der Waals surface area (Å²) in [6.45, 7) is 2.00.